The minimum absolute atomic E-state index is 0.174. The van der Waals surface area contributed by atoms with E-state index in [-0.39, 0.29) is 18.8 Å². The number of carboxylic acids is 1. The van der Waals surface area contributed by atoms with Crippen LogP contribution in [0.4, 0.5) is 0 Å². The van der Waals surface area contributed by atoms with Crippen molar-refractivity contribution < 1.29 is 19.5 Å². The number of aryl methyl sites for hydroxylation is 2. The first-order chi connectivity index (χ1) is 16.5. The Bertz CT molecular complexity index is 968. The summed E-state index contributed by atoms with van der Waals surface area (Å²) in [5.41, 5.74) is 7.82. The van der Waals surface area contributed by atoms with Gasteiger partial charge in [-0.2, -0.15) is 5.48 Å². The van der Waals surface area contributed by atoms with Gasteiger partial charge in [0, 0.05) is 6.04 Å². The summed E-state index contributed by atoms with van der Waals surface area (Å²) >= 11 is 0. The zero-order chi connectivity index (χ0) is 24.2. The molecule has 180 valence electrons. The highest BCUT2D eigenvalue weighted by Gasteiger charge is 2.17. The number of hydrogen-bond donors (Lipinski definition) is 2. The van der Waals surface area contributed by atoms with E-state index in [9.17, 15) is 4.79 Å². The van der Waals surface area contributed by atoms with Crippen LogP contribution in [0.2, 0.25) is 0 Å². The third-order valence-corrected chi connectivity index (χ3v) is 5.69. The average Bonchev–Trinajstić information content (AvgIpc) is 2.84. The lowest BCUT2D eigenvalue weighted by atomic mass is 10.0. The molecule has 0 aliphatic rings. The van der Waals surface area contributed by atoms with Crippen molar-refractivity contribution in [2.75, 3.05) is 6.61 Å². The molecule has 1 unspecified atom stereocenters. The number of rotatable bonds is 14. The van der Waals surface area contributed by atoms with Crippen molar-refractivity contribution in [3.63, 3.8) is 0 Å². The molecule has 0 radical (unpaired) electrons. The predicted molar refractivity (Wildman–Crippen MR) is 135 cm³/mol. The smallest absolute Gasteiger partial charge is 0.341 e. The lowest BCUT2D eigenvalue weighted by Crippen LogP contribution is -2.31. The second-order valence-corrected chi connectivity index (χ2v) is 8.65. The van der Waals surface area contributed by atoms with Crippen LogP contribution in [0.15, 0.2) is 78.9 Å². The molecular weight excluding hydrogens is 426 g/mol. The number of aliphatic carboxylic acids is 1. The standard InChI is InChI=1S/C29H35NO4/c1-3-11-26(17-10-12-23-18-22(2)19-27(20-23)33-21-28(31)32)30-34-29(24-13-6-4-7-14-24)25-15-8-5-9-16-25/h4-9,13-16,18-20,26,29-30H,3,10-12,17,21H2,1-2H3,(H,31,32). The molecule has 0 aliphatic carbocycles. The largest absolute Gasteiger partial charge is 0.482 e. The molecule has 3 aromatic rings. The maximum Gasteiger partial charge on any atom is 0.341 e. The first-order valence-corrected chi connectivity index (χ1v) is 12.0. The van der Waals surface area contributed by atoms with Gasteiger partial charge in [-0.3, -0.25) is 4.84 Å². The second kappa shape index (κ2) is 13.5. The van der Waals surface area contributed by atoms with Gasteiger partial charge in [-0.15, -0.1) is 0 Å². The molecule has 0 aliphatic heterocycles. The quantitative estimate of drug-likeness (QED) is 0.277. The van der Waals surface area contributed by atoms with Gasteiger partial charge in [0.25, 0.3) is 0 Å². The molecule has 0 fully saturated rings. The van der Waals surface area contributed by atoms with Gasteiger partial charge in [0.2, 0.25) is 0 Å². The molecule has 5 nitrogen and oxygen atoms in total. The first kappa shape index (κ1) is 25.5. The minimum Gasteiger partial charge on any atom is -0.482 e. The fraction of sp³-hybridized carbons (Fsp3) is 0.345. The van der Waals surface area contributed by atoms with Crippen LogP contribution in [0.5, 0.6) is 5.75 Å². The Morgan fingerprint density at radius 1 is 0.941 bits per heavy atom. The predicted octanol–water partition coefficient (Wildman–Crippen LogP) is 6.26. The Morgan fingerprint density at radius 2 is 1.59 bits per heavy atom. The maximum absolute atomic E-state index is 10.8. The van der Waals surface area contributed by atoms with Crippen LogP contribution in [0, 0.1) is 6.92 Å². The molecule has 2 N–H and O–H groups in total. The minimum atomic E-state index is -0.971. The van der Waals surface area contributed by atoms with E-state index in [1.807, 2.05) is 55.5 Å². The number of carbonyl (C=O) groups is 1. The molecule has 5 heteroatoms. The summed E-state index contributed by atoms with van der Waals surface area (Å²) in [6.45, 7) is 3.86. The maximum atomic E-state index is 10.8. The summed E-state index contributed by atoms with van der Waals surface area (Å²) in [6.07, 6.45) is 4.78. The van der Waals surface area contributed by atoms with Gasteiger partial charge in [-0.25, -0.2) is 4.79 Å². The van der Waals surface area contributed by atoms with Crippen molar-refractivity contribution >= 4 is 5.97 Å². The third-order valence-electron chi connectivity index (χ3n) is 5.69. The molecule has 0 saturated heterocycles. The molecule has 0 spiro atoms. The van der Waals surface area contributed by atoms with Crippen molar-refractivity contribution in [2.45, 2.75) is 58.1 Å². The number of ether oxygens (including phenoxy) is 1. The van der Waals surface area contributed by atoms with E-state index in [0.29, 0.717) is 5.75 Å². The van der Waals surface area contributed by atoms with Crippen molar-refractivity contribution in [2.24, 2.45) is 0 Å². The number of nitrogens with one attached hydrogen (secondary N) is 1. The van der Waals surface area contributed by atoms with E-state index in [4.69, 9.17) is 14.7 Å². The Balaban J connectivity index is 1.59. The highest BCUT2D eigenvalue weighted by molar-refractivity contribution is 5.68. The fourth-order valence-electron chi connectivity index (χ4n) is 4.11. The summed E-state index contributed by atoms with van der Waals surface area (Å²) in [4.78, 5) is 17.1. The number of benzene rings is 3. The lowest BCUT2D eigenvalue weighted by molar-refractivity contribution is -0.139. The van der Waals surface area contributed by atoms with E-state index in [2.05, 4.69) is 42.7 Å². The molecule has 1 atom stereocenters. The van der Waals surface area contributed by atoms with E-state index < -0.39 is 5.97 Å². The number of carboxylic acid groups (broad SMARTS) is 1. The summed E-state index contributed by atoms with van der Waals surface area (Å²) in [6, 6.07) is 26.7. The van der Waals surface area contributed by atoms with Crippen molar-refractivity contribution in [1.29, 1.82) is 0 Å². The van der Waals surface area contributed by atoms with Gasteiger partial charge < -0.3 is 9.84 Å². The van der Waals surface area contributed by atoms with Gasteiger partial charge in [-0.1, -0.05) is 80.1 Å². The van der Waals surface area contributed by atoms with Crippen LogP contribution in [-0.2, 0) is 16.1 Å². The summed E-state index contributed by atoms with van der Waals surface area (Å²) < 4.78 is 5.37. The number of hydroxylamine groups is 1. The van der Waals surface area contributed by atoms with Gasteiger partial charge in [0.15, 0.2) is 6.61 Å². The molecule has 0 bridgehead atoms. The molecule has 0 amide bonds. The van der Waals surface area contributed by atoms with Gasteiger partial charge in [0.1, 0.15) is 11.9 Å². The van der Waals surface area contributed by atoms with Crippen molar-refractivity contribution in [3.8, 4) is 5.75 Å². The Morgan fingerprint density at radius 3 is 2.18 bits per heavy atom. The highest BCUT2D eigenvalue weighted by atomic mass is 16.7. The first-order valence-electron chi connectivity index (χ1n) is 12.0. The van der Waals surface area contributed by atoms with E-state index in [1.54, 1.807) is 0 Å². The van der Waals surface area contributed by atoms with E-state index >= 15 is 0 Å². The van der Waals surface area contributed by atoms with Gasteiger partial charge >= 0.3 is 5.97 Å². The summed E-state index contributed by atoms with van der Waals surface area (Å²) in [7, 11) is 0. The second-order valence-electron chi connectivity index (χ2n) is 8.65. The van der Waals surface area contributed by atoms with Crippen LogP contribution in [0.3, 0.4) is 0 Å². The highest BCUT2D eigenvalue weighted by Crippen LogP contribution is 2.26. The molecule has 0 heterocycles. The summed E-state index contributed by atoms with van der Waals surface area (Å²) in [5.74, 6) is -0.363. The molecular formula is C29H35NO4. The Hall–Kier alpha value is -3.15. The van der Waals surface area contributed by atoms with Crippen LogP contribution in [-0.4, -0.2) is 23.7 Å². The van der Waals surface area contributed by atoms with Crippen LogP contribution >= 0.6 is 0 Å². The van der Waals surface area contributed by atoms with E-state index in [1.165, 1.54) is 0 Å². The summed E-state index contributed by atoms with van der Waals surface area (Å²) in [5, 5.41) is 8.86. The van der Waals surface area contributed by atoms with E-state index in [0.717, 1.165) is 54.4 Å². The third kappa shape index (κ3) is 8.32. The zero-order valence-corrected chi connectivity index (χ0v) is 20.1. The van der Waals surface area contributed by atoms with Gasteiger partial charge in [0.05, 0.1) is 0 Å². The van der Waals surface area contributed by atoms with Crippen molar-refractivity contribution in [3.05, 3.63) is 101 Å². The SMILES string of the molecule is CCCC(CCCc1cc(C)cc(OCC(=O)O)c1)NOC(c1ccccc1)c1ccccc1. The monoisotopic (exact) mass is 461 g/mol. The van der Waals surface area contributed by atoms with Crippen LogP contribution in [0.1, 0.15) is 61.0 Å². The number of hydrogen-bond acceptors (Lipinski definition) is 4. The van der Waals surface area contributed by atoms with Crippen LogP contribution in [0.25, 0.3) is 0 Å². The fourth-order valence-corrected chi connectivity index (χ4v) is 4.11. The topological polar surface area (TPSA) is 67.8 Å². The lowest BCUT2D eigenvalue weighted by Gasteiger charge is -2.24. The van der Waals surface area contributed by atoms with Crippen molar-refractivity contribution in [1.82, 2.24) is 5.48 Å². The molecule has 0 saturated carbocycles. The Labute approximate surface area is 202 Å². The molecule has 34 heavy (non-hydrogen) atoms. The van der Waals surface area contributed by atoms with Gasteiger partial charge in [-0.05, 0) is 67.0 Å². The molecule has 3 rings (SSSR count). The zero-order valence-electron chi connectivity index (χ0n) is 20.1. The molecule has 0 aromatic heterocycles. The Kier molecular flexibility index (Phi) is 10.1. The normalized spacial score (nSPS) is 12.0. The van der Waals surface area contributed by atoms with Crippen LogP contribution < -0.4 is 10.2 Å². The average molecular weight is 462 g/mol. The molecule has 3 aromatic carbocycles.